The Morgan fingerprint density at radius 3 is 2.21 bits per heavy atom. The molecule has 1 unspecified atom stereocenters. The summed E-state index contributed by atoms with van der Waals surface area (Å²) in [6.07, 6.45) is 0. The van der Waals surface area contributed by atoms with Gasteiger partial charge in [0.05, 0.1) is 48.9 Å². The van der Waals surface area contributed by atoms with Gasteiger partial charge in [-0.2, -0.15) is 10.2 Å². The maximum absolute atomic E-state index is 12.9. The van der Waals surface area contributed by atoms with Crippen LogP contribution in [0.4, 0.5) is 11.4 Å². The third kappa shape index (κ3) is 6.49. The van der Waals surface area contributed by atoms with E-state index in [0.29, 0.717) is 35.5 Å². The van der Waals surface area contributed by atoms with Gasteiger partial charge in [0, 0.05) is 6.07 Å². The Bertz CT molecular complexity index is 1050. The highest BCUT2D eigenvalue weighted by Gasteiger charge is 2.26. The highest BCUT2D eigenvalue weighted by Crippen LogP contribution is 2.42. The van der Waals surface area contributed by atoms with Crippen molar-refractivity contribution in [2.24, 2.45) is 10.2 Å². The van der Waals surface area contributed by atoms with E-state index in [2.05, 4.69) is 15.5 Å². The summed E-state index contributed by atoms with van der Waals surface area (Å²) in [7, 11) is 2.89. The highest BCUT2D eigenvalue weighted by atomic mass is 35.5. The molecule has 9 nitrogen and oxygen atoms in total. The van der Waals surface area contributed by atoms with E-state index in [4.69, 9.17) is 42.1 Å². The Labute approximate surface area is 202 Å². The summed E-state index contributed by atoms with van der Waals surface area (Å²) in [5, 5.41) is 11.1. The fourth-order valence-corrected chi connectivity index (χ4v) is 3.29. The summed E-state index contributed by atoms with van der Waals surface area (Å²) >= 11 is 12.4. The second-order valence-electron chi connectivity index (χ2n) is 6.50. The van der Waals surface area contributed by atoms with Crippen LogP contribution in [0.2, 0.25) is 10.0 Å². The van der Waals surface area contributed by atoms with Gasteiger partial charge in [-0.3, -0.25) is 9.59 Å². The number of methoxy groups -OCH3 is 2. The summed E-state index contributed by atoms with van der Waals surface area (Å²) in [6, 6.07) is 4.68. The number of rotatable bonds is 11. The monoisotopic (exact) mass is 497 g/mol. The van der Waals surface area contributed by atoms with E-state index < -0.39 is 17.7 Å². The van der Waals surface area contributed by atoms with Gasteiger partial charge < -0.3 is 24.3 Å². The molecule has 2 aromatic carbocycles. The minimum Gasteiger partial charge on any atom is -0.493 e. The van der Waals surface area contributed by atoms with Gasteiger partial charge in [-0.15, -0.1) is 0 Å². The molecule has 2 rings (SSSR count). The van der Waals surface area contributed by atoms with Gasteiger partial charge in [-0.25, -0.2) is 0 Å². The second kappa shape index (κ2) is 12.3. The molecular weight excluding hydrogens is 473 g/mol. The van der Waals surface area contributed by atoms with Crippen LogP contribution in [0.15, 0.2) is 34.5 Å². The zero-order valence-electron chi connectivity index (χ0n) is 18.9. The van der Waals surface area contributed by atoms with Crippen molar-refractivity contribution < 1.29 is 28.5 Å². The number of carbonyl (C=O) groups is 2. The van der Waals surface area contributed by atoms with Gasteiger partial charge >= 0.3 is 0 Å². The van der Waals surface area contributed by atoms with Crippen molar-refractivity contribution in [1.82, 2.24) is 0 Å². The first-order valence-electron chi connectivity index (χ1n) is 9.99. The zero-order chi connectivity index (χ0) is 24.5. The largest absolute Gasteiger partial charge is 0.493 e. The van der Waals surface area contributed by atoms with E-state index in [1.807, 2.05) is 0 Å². The number of hydrogen-bond donors (Lipinski definition) is 1. The lowest BCUT2D eigenvalue weighted by Crippen LogP contribution is -2.32. The number of Topliss-reactive ketones (excluding diaryl/α,β-unsaturated/α-hetero) is 1. The van der Waals surface area contributed by atoms with Crippen LogP contribution in [-0.4, -0.2) is 45.2 Å². The third-order valence-electron chi connectivity index (χ3n) is 4.24. The normalized spacial score (nSPS) is 11.7. The number of halogens is 2. The predicted octanol–water partition coefficient (Wildman–Crippen LogP) is 5.49. The average molecular weight is 498 g/mol. The van der Waals surface area contributed by atoms with Crippen molar-refractivity contribution >= 4 is 46.3 Å². The van der Waals surface area contributed by atoms with E-state index in [1.54, 1.807) is 26.0 Å². The van der Waals surface area contributed by atoms with Crippen LogP contribution in [-0.2, 0) is 9.59 Å². The first-order valence-corrected chi connectivity index (χ1v) is 10.7. The lowest BCUT2D eigenvalue weighted by Gasteiger charge is -2.17. The molecule has 1 amide bonds. The van der Waals surface area contributed by atoms with E-state index in [9.17, 15) is 9.59 Å². The summed E-state index contributed by atoms with van der Waals surface area (Å²) in [5.41, 5.74) is 0.558. The van der Waals surface area contributed by atoms with E-state index >= 15 is 0 Å². The molecule has 11 heteroatoms. The number of ether oxygens (including phenoxy) is 4. The van der Waals surface area contributed by atoms with Crippen LogP contribution in [0.25, 0.3) is 0 Å². The molecule has 0 aliphatic carbocycles. The summed E-state index contributed by atoms with van der Waals surface area (Å²) < 4.78 is 21.6. The first-order chi connectivity index (χ1) is 15.8. The quantitative estimate of drug-likeness (QED) is 0.324. The summed E-state index contributed by atoms with van der Waals surface area (Å²) in [4.78, 5) is 25.0. The zero-order valence-corrected chi connectivity index (χ0v) is 20.4. The molecule has 1 N–H and O–H groups in total. The molecule has 0 aliphatic heterocycles. The number of anilines is 1. The molecule has 33 heavy (non-hydrogen) atoms. The molecule has 0 saturated carbocycles. The number of ketones is 1. The number of benzene rings is 2. The van der Waals surface area contributed by atoms with Gasteiger partial charge in [-0.1, -0.05) is 23.2 Å². The van der Waals surface area contributed by atoms with Crippen molar-refractivity contribution in [3.63, 3.8) is 0 Å². The molecule has 0 aromatic heterocycles. The SMILES string of the molecule is CCOc1c(Cl)ccc(NC(=O)C(N=Nc2cc(Cl)c(OC)c(OC)c2)C(C)=O)c1OCC. The van der Waals surface area contributed by atoms with Crippen molar-refractivity contribution in [2.75, 3.05) is 32.8 Å². The smallest absolute Gasteiger partial charge is 0.258 e. The van der Waals surface area contributed by atoms with Crippen molar-refractivity contribution in [3.05, 3.63) is 34.3 Å². The average Bonchev–Trinajstić information content (AvgIpc) is 2.77. The molecular formula is C22H25Cl2N3O6. The summed E-state index contributed by atoms with van der Waals surface area (Å²) in [6.45, 7) is 5.46. The number of nitrogens with zero attached hydrogens (tertiary/aromatic N) is 2. The molecule has 0 bridgehead atoms. The van der Waals surface area contributed by atoms with Gasteiger partial charge in [0.2, 0.25) is 6.04 Å². The third-order valence-corrected chi connectivity index (χ3v) is 4.82. The highest BCUT2D eigenvalue weighted by molar-refractivity contribution is 6.33. The Hall–Kier alpha value is -3.04. The van der Waals surface area contributed by atoms with Gasteiger partial charge in [0.15, 0.2) is 28.8 Å². The van der Waals surface area contributed by atoms with Crippen LogP contribution in [0, 0.1) is 0 Å². The topological polar surface area (TPSA) is 108 Å². The summed E-state index contributed by atoms with van der Waals surface area (Å²) in [5.74, 6) is -0.0155. The van der Waals surface area contributed by atoms with Crippen molar-refractivity contribution in [3.8, 4) is 23.0 Å². The molecule has 0 fully saturated rings. The van der Waals surface area contributed by atoms with Crippen LogP contribution < -0.4 is 24.3 Å². The number of hydrogen-bond acceptors (Lipinski definition) is 8. The predicted molar refractivity (Wildman–Crippen MR) is 126 cm³/mol. The fraction of sp³-hybridized carbons (Fsp3) is 0.364. The van der Waals surface area contributed by atoms with Crippen LogP contribution in [0.5, 0.6) is 23.0 Å². The van der Waals surface area contributed by atoms with Crippen molar-refractivity contribution in [1.29, 1.82) is 0 Å². The Morgan fingerprint density at radius 2 is 1.64 bits per heavy atom. The van der Waals surface area contributed by atoms with Gasteiger partial charge in [0.1, 0.15) is 0 Å². The number of nitrogens with one attached hydrogen (secondary N) is 1. The minimum atomic E-state index is -1.42. The Kier molecular flexibility index (Phi) is 9.74. The number of carbonyl (C=O) groups excluding carboxylic acids is 2. The molecule has 2 aromatic rings. The maximum Gasteiger partial charge on any atom is 0.258 e. The fourth-order valence-electron chi connectivity index (χ4n) is 2.81. The molecule has 0 radical (unpaired) electrons. The Morgan fingerprint density at radius 1 is 0.970 bits per heavy atom. The number of azo groups is 1. The van der Waals surface area contributed by atoms with Crippen LogP contribution >= 0.6 is 23.2 Å². The first kappa shape index (κ1) is 26.2. The molecule has 0 heterocycles. The van der Waals surface area contributed by atoms with Crippen LogP contribution in [0.3, 0.4) is 0 Å². The lowest BCUT2D eigenvalue weighted by atomic mass is 10.2. The maximum atomic E-state index is 12.9. The molecule has 0 aliphatic rings. The molecule has 1 atom stereocenters. The number of amides is 1. The lowest BCUT2D eigenvalue weighted by molar-refractivity contribution is -0.126. The Balaban J connectivity index is 2.35. The molecule has 178 valence electrons. The second-order valence-corrected chi connectivity index (χ2v) is 7.31. The van der Waals surface area contributed by atoms with Crippen LogP contribution in [0.1, 0.15) is 20.8 Å². The molecule has 0 spiro atoms. The minimum absolute atomic E-state index is 0.237. The van der Waals surface area contributed by atoms with E-state index in [0.717, 1.165) is 0 Å². The van der Waals surface area contributed by atoms with Gasteiger partial charge in [0.25, 0.3) is 5.91 Å². The van der Waals surface area contributed by atoms with Gasteiger partial charge in [-0.05, 0) is 39.0 Å². The molecule has 0 saturated heterocycles. The van der Waals surface area contributed by atoms with E-state index in [-0.39, 0.29) is 22.1 Å². The standard InChI is InChI=1S/C22H25Cl2N3O6/c1-6-32-20-14(23)8-9-16(21(20)33-7-2)25-22(29)18(12(3)28)27-26-13-10-15(24)19(31-5)17(11-13)30-4/h8-11,18H,6-7H2,1-5H3,(H,25,29). The van der Waals surface area contributed by atoms with E-state index in [1.165, 1.54) is 33.3 Å². The van der Waals surface area contributed by atoms with Crippen molar-refractivity contribution in [2.45, 2.75) is 26.8 Å².